The molecule has 2 aromatic rings. The van der Waals surface area contributed by atoms with Crippen molar-refractivity contribution in [3.8, 4) is 0 Å². The van der Waals surface area contributed by atoms with Crippen molar-refractivity contribution >= 4 is 5.91 Å². The van der Waals surface area contributed by atoms with E-state index in [4.69, 9.17) is 5.73 Å². The topological polar surface area (TPSA) is 55.1 Å². The Balaban J connectivity index is 1.90. The van der Waals surface area contributed by atoms with Crippen molar-refractivity contribution in [3.05, 3.63) is 70.3 Å². The summed E-state index contributed by atoms with van der Waals surface area (Å²) in [5.74, 6) is 0.0446. The highest BCUT2D eigenvalue weighted by molar-refractivity contribution is 5.78. The predicted molar refractivity (Wildman–Crippen MR) is 90.7 cm³/mol. The van der Waals surface area contributed by atoms with Gasteiger partial charge in [-0.2, -0.15) is 0 Å². The van der Waals surface area contributed by atoms with E-state index < -0.39 is 0 Å². The van der Waals surface area contributed by atoms with Crippen LogP contribution in [0, 0.1) is 13.8 Å². The van der Waals surface area contributed by atoms with Crippen LogP contribution in [-0.4, -0.2) is 12.5 Å². The van der Waals surface area contributed by atoms with Crippen LogP contribution < -0.4 is 11.1 Å². The Kier molecular flexibility index (Phi) is 5.73. The first-order chi connectivity index (χ1) is 10.6. The number of carbonyl (C=O) groups excluding carboxylic acids is 1. The molecule has 0 aliphatic carbocycles. The Morgan fingerprint density at radius 2 is 1.77 bits per heavy atom. The lowest BCUT2D eigenvalue weighted by Gasteiger charge is -2.08. The number of hydrogen-bond acceptors (Lipinski definition) is 2. The summed E-state index contributed by atoms with van der Waals surface area (Å²) in [4.78, 5) is 12.1. The van der Waals surface area contributed by atoms with Crippen LogP contribution in [-0.2, 0) is 24.2 Å². The Hall–Kier alpha value is -2.13. The molecule has 3 heteroatoms. The second kappa shape index (κ2) is 7.76. The summed E-state index contributed by atoms with van der Waals surface area (Å²) in [5.41, 5.74) is 11.4. The van der Waals surface area contributed by atoms with Crippen LogP contribution in [0.2, 0.25) is 0 Å². The van der Waals surface area contributed by atoms with Gasteiger partial charge in [-0.05, 0) is 54.6 Å². The highest BCUT2D eigenvalue weighted by atomic mass is 16.1. The molecule has 2 rings (SSSR count). The molecule has 0 fully saturated rings. The zero-order chi connectivity index (χ0) is 15.9. The van der Waals surface area contributed by atoms with Gasteiger partial charge >= 0.3 is 0 Å². The van der Waals surface area contributed by atoms with Gasteiger partial charge < -0.3 is 11.1 Å². The summed E-state index contributed by atoms with van der Waals surface area (Å²) < 4.78 is 0. The summed E-state index contributed by atoms with van der Waals surface area (Å²) in [6, 6.07) is 14.3. The van der Waals surface area contributed by atoms with E-state index in [1.807, 2.05) is 18.2 Å². The molecule has 0 aromatic heterocycles. The number of hydrogen-bond donors (Lipinski definition) is 2. The van der Waals surface area contributed by atoms with Crippen LogP contribution >= 0.6 is 0 Å². The highest BCUT2D eigenvalue weighted by Gasteiger charge is 2.05. The Bertz CT molecular complexity index is 650. The van der Waals surface area contributed by atoms with Crippen molar-refractivity contribution in [2.24, 2.45) is 5.73 Å². The average Bonchev–Trinajstić information content (AvgIpc) is 2.49. The number of aryl methyl sites for hydroxylation is 2. The largest absolute Gasteiger partial charge is 0.352 e. The van der Waals surface area contributed by atoms with Gasteiger partial charge in [-0.15, -0.1) is 0 Å². The van der Waals surface area contributed by atoms with Gasteiger partial charge in [0.2, 0.25) is 5.91 Å². The Morgan fingerprint density at radius 1 is 1.00 bits per heavy atom. The van der Waals surface area contributed by atoms with E-state index in [0.717, 1.165) is 17.5 Å². The molecule has 1 amide bonds. The lowest BCUT2D eigenvalue weighted by Crippen LogP contribution is -2.24. The van der Waals surface area contributed by atoms with Crippen molar-refractivity contribution in [2.45, 2.75) is 33.2 Å². The van der Waals surface area contributed by atoms with E-state index in [9.17, 15) is 4.79 Å². The highest BCUT2D eigenvalue weighted by Crippen LogP contribution is 2.10. The molecule has 0 aliphatic rings. The number of carbonyl (C=O) groups is 1. The SMILES string of the molecule is Cc1ccc(CNC(=O)Cc2cccc(CCN)c2)cc1C. The van der Waals surface area contributed by atoms with Gasteiger partial charge in [0.25, 0.3) is 0 Å². The third-order valence-electron chi connectivity index (χ3n) is 3.85. The summed E-state index contributed by atoms with van der Waals surface area (Å²) in [6.45, 7) is 5.38. The van der Waals surface area contributed by atoms with E-state index in [-0.39, 0.29) is 5.91 Å². The Labute approximate surface area is 132 Å². The molecule has 3 nitrogen and oxygen atoms in total. The average molecular weight is 296 g/mol. The normalized spacial score (nSPS) is 10.5. The summed E-state index contributed by atoms with van der Waals surface area (Å²) >= 11 is 0. The third-order valence-corrected chi connectivity index (χ3v) is 3.85. The number of rotatable bonds is 6. The minimum absolute atomic E-state index is 0.0446. The molecule has 0 atom stereocenters. The summed E-state index contributed by atoms with van der Waals surface area (Å²) in [7, 11) is 0. The molecule has 0 saturated heterocycles. The first-order valence-corrected chi connectivity index (χ1v) is 7.69. The molecule has 0 spiro atoms. The lowest BCUT2D eigenvalue weighted by molar-refractivity contribution is -0.120. The molecular weight excluding hydrogens is 272 g/mol. The second-order valence-corrected chi connectivity index (χ2v) is 5.73. The van der Waals surface area contributed by atoms with Crippen LogP contribution in [0.5, 0.6) is 0 Å². The zero-order valence-corrected chi connectivity index (χ0v) is 13.4. The first kappa shape index (κ1) is 16.2. The minimum atomic E-state index is 0.0446. The maximum Gasteiger partial charge on any atom is 0.224 e. The molecule has 2 aromatic carbocycles. The standard InChI is InChI=1S/C19H24N2O/c1-14-6-7-18(10-15(14)2)13-21-19(22)12-17-5-3-4-16(11-17)8-9-20/h3-7,10-11H,8-9,12-13,20H2,1-2H3,(H,21,22). The second-order valence-electron chi connectivity index (χ2n) is 5.73. The monoisotopic (exact) mass is 296 g/mol. The van der Waals surface area contributed by atoms with Crippen LogP contribution in [0.25, 0.3) is 0 Å². The molecule has 22 heavy (non-hydrogen) atoms. The van der Waals surface area contributed by atoms with Crippen LogP contribution in [0.3, 0.4) is 0 Å². The van der Waals surface area contributed by atoms with Crippen LogP contribution in [0.4, 0.5) is 0 Å². The molecule has 0 unspecified atom stereocenters. The molecule has 0 saturated carbocycles. The van der Waals surface area contributed by atoms with E-state index >= 15 is 0 Å². The van der Waals surface area contributed by atoms with Crippen LogP contribution in [0.15, 0.2) is 42.5 Å². The number of amides is 1. The number of benzene rings is 2. The van der Waals surface area contributed by atoms with Crippen molar-refractivity contribution in [1.82, 2.24) is 5.32 Å². The zero-order valence-electron chi connectivity index (χ0n) is 13.4. The minimum Gasteiger partial charge on any atom is -0.352 e. The van der Waals surface area contributed by atoms with Crippen molar-refractivity contribution < 1.29 is 4.79 Å². The smallest absolute Gasteiger partial charge is 0.224 e. The van der Waals surface area contributed by atoms with Crippen molar-refractivity contribution in [2.75, 3.05) is 6.54 Å². The maximum atomic E-state index is 12.1. The molecule has 0 aliphatic heterocycles. The lowest BCUT2D eigenvalue weighted by atomic mass is 10.0. The Morgan fingerprint density at radius 3 is 2.50 bits per heavy atom. The van der Waals surface area contributed by atoms with Crippen LogP contribution in [0.1, 0.15) is 27.8 Å². The van der Waals surface area contributed by atoms with E-state index in [0.29, 0.717) is 19.5 Å². The van der Waals surface area contributed by atoms with Gasteiger partial charge in [0.05, 0.1) is 6.42 Å². The quantitative estimate of drug-likeness (QED) is 0.861. The first-order valence-electron chi connectivity index (χ1n) is 7.69. The van der Waals surface area contributed by atoms with Gasteiger partial charge in [0.1, 0.15) is 0 Å². The molecule has 3 N–H and O–H groups in total. The van der Waals surface area contributed by atoms with Gasteiger partial charge in [0, 0.05) is 6.54 Å². The third kappa shape index (κ3) is 4.71. The van der Waals surface area contributed by atoms with Crippen molar-refractivity contribution in [1.29, 1.82) is 0 Å². The van der Waals surface area contributed by atoms with Gasteiger partial charge in [-0.1, -0.05) is 42.5 Å². The molecule has 0 heterocycles. The number of nitrogens with two attached hydrogens (primary N) is 1. The molecule has 0 bridgehead atoms. The van der Waals surface area contributed by atoms with E-state index in [1.165, 1.54) is 16.7 Å². The van der Waals surface area contributed by atoms with Gasteiger partial charge in [-0.25, -0.2) is 0 Å². The van der Waals surface area contributed by atoms with E-state index in [1.54, 1.807) is 0 Å². The molecule has 0 radical (unpaired) electrons. The molecular formula is C19H24N2O. The van der Waals surface area contributed by atoms with Gasteiger partial charge in [0.15, 0.2) is 0 Å². The fourth-order valence-corrected chi connectivity index (χ4v) is 2.42. The fraction of sp³-hybridized carbons (Fsp3) is 0.316. The molecule has 116 valence electrons. The predicted octanol–water partition coefficient (Wildman–Crippen LogP) is 2.66. The number of nitrogens with one attached hydrogen (secondary N) is 1. The summed E-state index contributed by atoms with van der Waals surface area (Å²) in [6.07, 6.45) is 1.25. The van der Waals surface area contributed by atoms with E-state index in [2.05, 4.69) is 43.4 Å². The van der Waals surface area contributed by atoms with Gasteiger partial charge in [-0.3, -0.25) is 4.79 Å². The fourth-order valence-electron chi connectivity index (χ4n) is 2.42. The maximum absolute atomic E-state index is 12.1. The summed E-state index contributed by atoms with van der Waals surface area (Å²) in [5, 5.41) is 2.98. The van der Waals surface area contributed by atoms with Crippen molar-refractivity contribution in [3.63, 3.8) is 0 Å².